The summed E-state index contributed by atoms with van der Waals surface area (Å²) in [7, 11) is 0. The van der Waals surface area contributed by atoms with Gasteiger partial charge in [-0.25, -0.2) is 4.39 Å². The molecule has 1 amide bonds. The molecule has 16 heavy (non-hydrogen) atoms. The first-order chi connectivity index (χ1) is 7.41. The third-order valence-electron chi connectivity index (χ3n) is 2.53. The second-order valence-electron chi connectivity index (χ2n) is 4.13. The highest BCUT2D eigenvalue weighted by Crippen LogP contribution is 2.15. The van der Waals surface area contributed by atoms with Crippen LogP contribution in [0.3, 0.4) is 0 Å². The minimum absolute atomic E-state index is 0.00844. The van der Waals surface area contributed by atoms with Gasteiger partial charge in [0.05, 0.1) is 5.56 Å². The maximum atomic E-state index is 13.4. The maximum absolute atomic E-state index is 13.4. The van der Waals surface area contributed by atoms with Gasteiger partial charge in [-0.1, -0.05) is 25.4 Å². The topological polar surface area (TPSA) is 29.1 Å². The highest BCUT2D eigenvalue weighted by molar-refractivity contribution is 6.31. The summed E-state index contributed by atoms with van der Waals surface area (Å²) in [5, 5.41) is 3.08. The van der Waals surface area contributed by atoms with Crippen LogP contribution in [0.2, 0.25) is 5.02 Å². The van der Waals surface area contributed by atoms with Crippen LogP contribution in [0.1, 0.15) is 31.1 Å². The number of rotatable bonds is 3. The third kappa shape index (κ3) is 3.20. The van der Waals surface area contributed by atoms with Gasteiger partial charge in [0, 0.05) is 11.1 Å². The Morgan fingerprint density at radius 1 is 1.38 bits per heavy atom. The predicted molar refractivity (Wildman–Crippen MR) is 63.2 cm³/mol. The molecule has 0 radical (unpaired) electrons. The van der Waals surface area contributed by atoms with E-state index in [0.29, 0.717) is 10.9 Å². The SMILES string of the molecule is CC(C)C(C)NC(=O)c1cc(Cl)ccc1F. The molecule has 0 fully saturated rings. The van der Waals surface area contributed by atoms with Gasteiger partial charge in [-0.2, -0.15) is 0 Å². The maximum Gasteiger partial charge on any atom is 0.254 e. The fraction of sp³-hybridized carbons (Fsp3) is 0.417. The van der Waals surface area contributed by atoms with Crippen molar-refractivity contribution < 1.29 is 9.18 Å². The van der Waals surface area contributed by atoms with Crippen LogP contribution >= 0.6 is 11.6 Å². The molecule has 0 heterocycles. The van der Waals surface area contributed by atoms with Gasteiger partial charge in [-0.05, 0) is 31.0 Å². The Labute approximate surface area is 99.8 Å². The van der Waals surface area contributed by atoms with Crippen molar-refractivity contribution in [3.05, 3.63) is 34.6 Å². The Morgan fingerprint density at radius 2 is 2.00 bits per heavy atom. The van der Waals surface area contributed by atoms with Crippen LogP contribution in [-0.4, -0.2) is 11.9 Å². The van der Waals surface area contributed by atoms with Crippen molar-refractivity contribution in [2.24, 2.45) is 5.92 Å². The van der Waals surface area contributed by atoms with Gasteiger partial charge in [-0.3, -0.25) is 4.79 Å². The van der Waals surface area contributed by atoms with Gasteiger partial charge >= 0.3 is 0 Å². The second-order valence-corrected chi connectivity index (χ2v) is 4.57. The molecule has 0 bridgehead atoms. The molecule has 0 aliphatic rings. The monoisotopic (exact) mass is 243 g/mol. The summed E-state index contributed by atoms with van der Waals surface area (Å²) >= 11 is 5.71. The van der Waals surface area contributed by atoms with Crippen LogP contribution in [0.5, 0.6) is 0 Å². The zero-order valence-corrected chi connectivity index (χ0v) is 10.3. The summed E-state index contributed by atoms with van der Waals surface area (Å²) in [6, 6.07) is 3.93. The molecule has 1 aromatic carbocycles. The number of carbonyl (C=O) groups excluding carboxylic acids is 1. The zero-order chi connectivity index (χ0) is 12.3. The minimum atomic E-state index is -0.558. The van der Waals surface area contributed by atoms with Crippen molar-refractivity contribution in [1.29, 1.82) is 0 Å². The van der Waals surface area contributed by atoms with Gasteiger partial charge in [0.15, 0.2) is 0 Å². The standard InChI is InChI=1S/C12H15ClFNO/c1-7(2)8(3)15-12(16)10-6-9(13)4-5-11(10)14/h4-8H,1-3H3,(H,15,16). The lowest BCUT2D eigenvalue weighted by Crippen LogP contribution is -2.36. The van der Waals surface area contributed by atoms with Crippen molar-refractivity contribution in [2.45, 2.75) is 26.8 Å². The number of amides is 1. The van der Waals surface area contributed by atoms with Crippen molar-refractivity contribution >= 4 is 17.5 Å². The first kappa shape index (κ1) is 13.0. The van der Waals surface area contributed by atoms with Crippen LogP contribution in [0.4, 0.5) is 4.39 Å². The molecule has 4 heteroatoms. The summed E-state index contributed by atoms with van der Waals surface area (Å²) in [5.74, 6) is -0.690. The second kappa shape index (κ2) is 5.30. The van der Waals surface area contributed by atoms with Crippen LogP contribution in [0.15, 0.2) is 18.2 Å². The fourth-order valence-electron chi connectivity index (χ4n) is 1.12. The Kier molecular flexibility index (Phi) is 4.30. The lowest BCUT2D eigenvalue weighted by atomic mass is 10.1. The molecular formula is C12H15ClFNO. The zero-order valence-electron chi connectivity index (χ0n) is 9.55. The molecule has 0 spiro atoms. The van der Waals surface area contributed by atoms with Crippen LogP contribution < -0.4 is 5.32 Å². The number of hydrogen-bond acceptors (Lipinski definition) is 1. The Bertz CT molecular complexity index is 393. The molecule has 0 saturated carbocycles. The van der Waals surface area contributed by atoms with Gasteiger partial charge in [0.1, 0.15) is 5.82 Å². The molecule has 1 atom stereocenters. The Hall–Kier alpha value is -1.09. The van der Waals surface area contributed by atoms with E-state index in [4.69, 9.17) is 11.6 Å². The normalized spacial score (nSPS) is 12.6. The molecule has 1 aromatic rings. The third-order valence-corrected chi connectivity index (χ3v) is 2.77. The van der Waals surface area contributed by atoms with Crippen molar-refractivity contribution in [3.8, 4) is 0 Å². The van der Waals surface area contributed by atoms with Crippen molar-refractivity contribution in [3.63, 3.8) is 0 Å². The molecule has 0 aliphatic heterocycles. The number of hydrogen-bond donors (Lipinski definition) is 1. The van der Waals surface area contributed by atoms with Crippen LogP contribution in [0, 0.1) is 11.7 Å². The lowest BCUT2D eigenvalue weighted by Gasteiger charge is -2.17. The van der Waals surface area contributed by atoms with E-state index >= 15 is 0 Å². The first-order valence-electron chi connectivity index (χ1n) is 5.17. The molecule has 2 nitrogen and oxygen atoms in total. The van der Waals surface area contributed by atoms with Crippen molar-refractivity contribution in [1.82, 2.24) is 5.32 Å². The molecule has 88 valence electrons. The Morgan fingerprint density at radius 3 is 2.56 bits per heavy atom. The van der Waals surface area contributed by atoms with E-state index in [-0.39, 0.29) is 11.6 Å². The van der Waals surface area contributed by atoms with E-state index in [1.54, 1.807) is 0 Å². The molecule has 1 rings (SSSR count). The van der Waals surface area contributed by atoms with E-state index in [0.717, 1.165) is 0 Å². The summed E-state index contributed by atoms with van der Waals surface area (Å²) in [6.45, 7) is 5.85. The smallest absolute Gasteiger partial charge is 0.254 e. The van der Waals surface area contributed by atoms with E-state index in [1.165, 1.54) is 18.2 Å². The number of carbonyl (C=O) groups is 1. The Balaban J connectivity index is 2.84. The molecule has 0 aromatic heterocycles. The van der Waals surface area contributed by atoms with Crippen molar-refractivity contribution in [2.75, 3.05) is 0 Å². The highest BCUT2D eigenvalue weighted by Gasteiger charge is 2.16. The van der Waals surface area contributed by atoms with E-state index in [9.17, 15) is 9.18 Å². The fourth-order valence-corrected chi connectivity index (χ4v) is 1.29. The molecule has 0 saturated heterocycles. The molecule has 1 unspecified atom stereocenters. The van der Waals surface area contributed by atoms with Gasteiger partial charge < -0.3 is 5.32 Å². The summed E-state index contributed by atoms with van der Waals surface area (Å²) in [5.41, 5.74) is -0.0139. The van der Waals surface area contributed by atoms with E-state index in [1.807, 2.05) is 20.8 Å². The van der Waals surface area contributed by atoms with E-state index < -0.39 is 11.7 Å². The molecular weight excluding hydrogens is 229 g/mol. The number of nitrogens with one attached hydrogen (secondary N) is 1. The van der Waals surface area contributed by atoms with Crippen LogP contribution in [-0.2, 0) is 0 Å². The van der Waals surface area contributed by atoms with Gasteiger partial charge in [-0.15, -0.1) is 0 Å². The van der Waals surface area contributed by atoms with Gasteiger partial charge in [0.2, 0.25) is 0 Å². The predicted octanol–water partition coefficient (Wildman–Crippen LogP) is 3.25. The summed E-state index contributed by atoms with van der Waals surface area (Å²) in [4.78, 5) is 11.7. The number of benzene rings is 1. The lowest BCUT2D eigenvalue weighted by molar-refractivity contribution is 0.0926. The first-order valence-corrected chi connectivity index (χ1v) is 5.55. The van der Waals surface area contributed by atoms with Crippen LogP contribution in [0.25, 0.3) is 0 Å². The highest BCUT2D eigenvalue weighted by atomic mass is 35.5. The summed E-state index contributed by atoms with van der Waals surface area (Å²) in [6.07, 6.45) is 0. The average molecular weight is 244 g/mol. The molecule has 1 N–H and O–H groups in total. The molecule has 0 aliphatic carbocycles. The average Bonchev–Trinajstić information content (AvgIpc) is 2.21. The quantitative estimate of drug-likeness (QED) is 0.868. The number of halogens is 2. The largest absolute Gasteiger partial charge is 0.349 e. The van der Waals surface area contributed by atoms with E-state index in [2.05, 4.69) is 5.32 Å². The minimum Gasteiger partial charge on any atom is -0.349 e. The van der Waals surface area contributed by atoms with Gasteiger partial charge in [0.25, 0.3) is 5.91 Å². The summed E-state index contributed by atoms with van der Waals surface area (Å²) < 4.78 is 13.4.